The van der Waals surface area contributed by atoms with Crippen molar-refractivity contribution in [3.8, 4) is 11.5 Å². The summed E-state index contributed by atoms with van der Waals surface area (Å²) in [6.07, 6.45) is 3.34. The summed E-state index contributed by atoms with van der Waals surface area (Å²) in [7, 11) is 0. The molecule has 2 rings (SSSR count). The summed E-state index contributed by atoms with van der Waals surface area (Å²) in [5.74, 6) is -0.704. The van der Waals surface area contributed by atoms with E-state index in [-0.39, 0.29) is 36.2 Å². The summed E-state index contributed by atoms with van der Waals surface area (Å²) in [5, 5.41) is 18.5. The van der Waals surface area contributed by atoms with Crippen LogP contribution < -0.4 is 17.0 Å². The van der Waals surface area contributed by atoms with Gasteiger partial charge in [0.2, 0.25) is 5.78 Å². The number of Topliss-reactive ketones (excluding diaryl/α,β-unsaturated/α-hetero) is 1. The number of phenols is 2. The molecule has 0 atom stereocenters. The van der Waals surface area contributed by atoms with Crippen LogP contribution in [0.1, 0.15) is 16.1 Å². The molecule has 1 aromatic carbocycles. The maximum absolute atomic E-state index is 11.9. The molecule has 5 nitrogen and oxygen atoms in total. The molecular weight excluding hydrogens is 268 g/mol. The number of aromatic hydroxyl groups is 2. The van der Waals surface area contributed by atoms with Crippen LogP contribution in [0.3, 0.4) is 0 Å². The van der Waals surface area contributed by atoms with Crippen LogP contribution in [0.25, 0.3) is 0 Å². The maximum Gasteiger partial charge on any atom is 0.286 e. The number of halogens is 1. The Kier molecular flexibility index (Phi) is 4.83. The van der Waals surface area contributed by atoms with Gasteiger partial charge in [-0.1, -0.05) is 4.98 Å². The van der Waals surface area contributed by atoms with Crippen LogP contribution in [-0.2, 0) is 6.54 Å². The number of hydrogen-bond acceptors (Lipinski definition) is 4. The number of carbonyl (C=O) groups excluding carboxylic acids is 1. The molecule has 0 aliphatic carbocycles. The SMILES string of the molecule is Cc1cc[n+](CC(=O)c2ccc(O)c(O)c2)cn1.[Cl-]. The topological polar surface area (TPSA) is 74.3 Å². The van der Waals surface area contributed by atoms with Gasteiger partial charge in [0.1, 0.15) is 0 Å². The van der Waals surface area contributed by atoms with Crippen molar-refractivity contribution in [2.24, 2.45) is 0 Å². The maximum atomic E-state index is 11.9. The van der Waals surface area contributed by atoms with Crippen molar-refractivity contribution in [3.05, 3.63) is 48.0 Å². The lowest BCUT2D eigenvalue weighted by molar-refractivity contribution is -0.686. The Labute approximate surface area is 116 Å². The van der Waals surface area contributed by atoms with Gasteiger partial charge in [0.05, 0.1) is 6.20 Å². The number of carbonyl (C=O) groups is 1. The molecule has 1 aromatic heterocycles. The highest BCUT2D eigenvalue weighted by molar-refractivity contribution is 5.95. The zero-order valence-corrected chi connectivity index (χ0v) is 11.0. The molecule has 100 valence electrons. The number of phenolic OH excluding ortho intramolecular Hbond substituents is 2. The molecule has 2 N–H and O–H groups in total. The van der Waals surface area contributed by atoms with Gasteiger partial charge in [-0.3, -0.25) is 4.79 Å². The van der Waals surface area contributed by atoms with Crippen LogP contribution in [0, 0.1) is 6.92 Å². The van der Waals surface area contributed by atoms with Crippen molar-refractivity contribution in [3.63, 3.8) is 0 Å². The molecule has 0 spiro atoms. The van der Waals surface area contributed by atoms with Crippen molar-refractivity contribution in [2.75, 3.05) is 0 Å². The predicted octanol–water partition coefficient (Wildman–Crippen LogP) is -2.02. The Morgan fingerprint density at radius 1 is 1.26 bits per heavy atom. The van der Waals surface area contributed by atoms with E-state index >= 15 is 0 Å². The number of rotatable bonds is 3. The van der Waals surface area contributed by atoms with Crippen LogP contribution in [0.15, 0.2) is 36.8 Å². The lowest BCUT2D eigenvalue weighted by atomic mass is 10.1. The molecule has 0 radical (unpaired) electrons. The lowest BCUT2D eigenvalue weighted by Gasteiger charge is -2.02. The van der Waals surface area contributed by atoms with Gasteiger partial charge in [0, 0.05) is 18.6 Å². The fourth-order valence-corrected chi connectivity index (χ4v) is 1.50. The van der Waals surface area contributed by atoms with E-state index in [0.717, 1.165) is 5.69 Å². The van der Waals surface area contributed by atoms with Crippen LogP contribution in [0.4, 0.5) is 0 Å². The summed E-state index contributed by atoms with van der Waals surface area (Å²) in [6, 6.07) is 5.82. The number of benzene rings is 1. The largest absolute Gasteiger partial charge is 1.00 e. The van der Waals surface area contributed by atoms with Gasteiger partial charge in [0.15, 0.2) is 23.7 Å². The highest BCUT2D eigenvalue weighted by Crippen LogP contribution is 2.24. The lowest BCUT2D eigenvalue weighted by Crippen LogP contribution is -3.00. The molecule has 2 aromatic rings. The average Bonchev–Trinajstić information content (AvgIpc) is 2.35. The Hall–Kier alpha value is -2.14. The van der Waals surface area contributed by atoms with Gasteiger partial charge in [-0.2, -0.15) is 0 Å². The third-order valence-corrected chi connectivity index (χ3v) is 2.54. The standard InChI is InChI=1S/C13H12N2O3.ClH/c1-9-4-5-15(8-14-9)7-13(18)10-2-3-11(16)12(17)6-10;/h2-6,8H,7H2,1H3,(H-,16,17,18);1H. The first-order chi connectivity index (χ1) is 8.56. The monoisotopic (exact) mass is 280 g/mol. The molecular formula is C13H13ClN2O3. The van der Waals surface area contributed by atoms with E-state index in [2.05, 4.69) is 4.98 Å². The minimum atomic E-state index is -0.298. The molecule has 0 bridgehead atoms. The second-order valence-corrected chi connectivity index (χ2v) is 4.00. The average molecular weight is 281 g/mol. The first kappa shape index (κ1) is 14.9. The minimum absolute atomic E-state index is 0. The van der Waals surface area contributed by atoms with Crippen LogP contribution in [-0.4, -0.2) is 21.0 Å². The Balaban J connectivity index is 0.00000180. The van der Waals surface area contributed by atoms with Gasteiger partial charge in [-0.05, 0) is 18.2 Å². The molecule has 0 saturated heterocycles. The Bertz CT molecular complexity index is 585. The van der Waals surface area contributed by atoms with E-state index in [0.29, 0.717) is 5.56 Å². The summed E-state index contributed by atoms with van der Waals surface area (Å²) in [4.78, 5) is 16.0. The molecule has 0 aliphatic rings. The van der Waals surface area contributed by atoms with Gasteiger partial charge in [-0.25, -0.2) is 4.57 Å². The smallest absolute Gasteiger partial charge is 0.286 e. The van der Waals surface area contributed by atoms with Gasteiger partial charge >= 0.3 is 0 Å². The zero-order chi connectivity index (χ0) is 13.1. The fraction of sp³-hybridized carbons (Fsp3) is 0.154. The molecule has 0 saturated carbocycles. The van der Waals surface area contributed by atoms with E-state index in [1.54, 1.807) is 17.1 Å². The third kappa shape index (κ3) is 3.66. The number of aromatic nitrogens is 2. The van der Waals surface area contributed by atoms with Crippen molar-refractivity contribution < 1.29 is 32.0 Å². The molecule has 0 fully saturated rings. The first-order valence-electron chi connectivity index (χ1n) is 5.43. The fourth-order valence-electron chi connectivity index (χ4n) is 1.50. The van der Waals surface area contributed by atoms with Crippen LogP contribution >= 0.6 is 0 Å². The molecule has 0 unspecified atom stereocenters. The van der Waals surface area contributed by atoms with E-state index in [9.17, 15) is 9.90 Å². The number of aryl methyl sites for hydroxylation is 1. The second-order valence-electron chi connectivity index (χ2n) is 4.00. The van der Waals surface area contributed by atoms with Crippen LogP contribution in [0.2, 0.25) is 0 Å². The van der Waals surface area contributed by atoms with Gasteiger partial charge < -0.3 is 22.6 Å². The van der Waals surface area contributed by atoms with Crippen molar-refractivity contribution in [1.29, 1.82) is 0 Å². The zero-order valence-electron chi connectivity index (χ0n) is 10.2. The summed E-state index contributed by atoms with van der Waals surface area (Å²) in [5.41, 5.74) is 1.22. The minimum Gasteiger partial charge on any atom is -1.00 e. The van der Waals surface area contributed by atoms with E-state index in [1.807, 2.05) is 13.0 Å². The Morgan fingerprint density at radius 2 is 2.00 bits per heavy atom. The predicted molar refractivity (Wildman–Crippen MR) is 63.3 cm³/mol. The van der Waals surface area contributed by atoms with Crippen molar-refractivity contribution in [1.82, 2.24) is 4.98 Å². The van der Waals surface area contributed by atoms with Crippen molar-refractivity contribution >= 4 is 5.78 Å². The number of nitrogens with zero attached hydrogens (tertiary/aromatic N) is 2. The van der Waals surface area contributed by atoms with Gasteiger partial charge in [0.25, 0.3) is 6.33 Å². The molecule has 0 amide bonds. The molecule has 0 aliphatic heterocycles. The van der Waals surface area contributed by atoms with Crippen LogP contribution in [0.5, 0.6) is 11.5 Å². The number of ketones is 1. The highest BCUT2D eigenvalue weighted by atomic mass is 35.5. The summed E-state index contributed by atoms with van der Waals surface area (Å²) in [6.45, 7) is 2.00. The second kappa shape index (κ2) is 6.15. The molecule has 19 heavy (non-hydrogen) atoms. The van der Waals surface area contributed by atoms with E-state index in [1.165, 1.54) is 18.2 Å². The Morgan fingerprint density at radius 3 is 2.58 bits per heavy atom. The molecule has 6 heteroatoms. The number of hydrogen-bond donors (Lipinski definition) is 2. The van der Waals surface area contributed by atoms with Gasteiger partial charge in [-0.15, -0.1) is 0 Å². The highest BCUT2D eigenvalue weighted by Gasteiger charge is 2.12. The quantitative estimate of drug-likeness (QED) is 0.387. The van der Waals surface area contributed by atoms with E-state index in [4.69, 9.17) is 5.11 Å². The summed E-state index contributed by atoms with van der Waals surface area (Å²) >= 11 is 0. The third-order valence-electron chi connectivity index (χ3n) is 2.54. The van der Waals surface area contributed by atoms with Crippen molar-refractivity contribution in [2.45, 2.75) is 13.5 Å². The van der Waals surface area contributed by atoms with E-state index < -0.39 is 0 Å². The first-order valence-corrected chi connectivity index (χ1v) is 5.43. The normalized spacial score (nSPS) is 9.74. The molecule has 1 heterocycles. The summed E-state index contributed by atoms with van der Waals surface area (Å²) < 4.78 is 1.65.